The molecule has 0 aliphatic carbocycles. The summed E-state index contributed by atoms with van der Waals surface area (Å²) in [4.78, 5) is 66.7. The normalized spacial score (nSPS) is 21.1. The Labute approximate surface area is 312 Å². The highest BCUT2D eigenvalue weighted by molar-refractivity contribution is 7.49. The first-order valence-electron chi connectivity index (χ1n) is 17.4. The van der Waals surface area contributed by atoms with Crippen molar-refractivity contribution in [1.29, 1.82) is 0 Å². The molecule has 1 aliphatic rings. The summed E-state index contributed by atoms with van der Waals surface area (Å²) in [5, 5.41) is 35.9. The maximum atomic E-state index is 14.4. The molecular weight excluding hydrogens is 733 g/mol. The van der Waals surface area contributed by atoms with E-state index in [4.69, 9.17) is 28.8 Å². The SMILES string of the molecule is COC[C@H]1O[C@@H](n2ccc(N)nc2=O)[C@H](O)[C@@H]1OP(=O)(OC(=O)[C@H](CC(=O)O)NCCC(C)C)OC(=O)[C@H](CC(=O)O)NCCC(C)Cc1ccccc1. The Hall–Kier alpha value is -4.23. The number of carbonyl (C=O) groups is 4. The third-order valence-corrected chi connectivity index (χ3v) is 9.62. The maximum absolute atomic E-state index is 14.4. The number of methoxy groups -OCH3 is 1. The number of carbonyl (C=O) groups excluding carboxylic acids is 2. The van der Waals surface area contributed by atoms with E-state index in [-0.39, 0.29) is 37.4 Å². The van der Waals surface area contributed by atoms with Crippen LogP contribution in [-0.2, 0) is 53.2 Å². The van der Waals surface area contributed by atoms with Gasteiger partial charge in [-0.3, -0.25) is 18.7 Å². The number of phosphoric acid groups is 1. The van der Waals surface area contributed by atoms with Crippen LogP contribution in [-0.4, -0.2) is 106 Å². The number of rotatable bonds is 23. The molecule has 1 aromatic carbocycles. The molecule has 7 N–H and O–H groups in total. The number of benzene rings is 1. The third-order valence-electron chi connectivity index (χ3n) is 8.31. The number of hydrogen-bond donors (Lipinski definition) is 6. The smallest absolute Gasteiger partial charge is 0.481 e. The van der Waals surface area contributed by atoms with Gasteiger partial charge in [0.2, 0.25) is 0 Å². The number of nitrogens with one attached hydrogen (secondary N) is 2. The summed E-state index contributed by atoms with van der Waals surface area (Å²) < 4.78 is 42.2. The molecule has 3 rings (SSSR count). The summed E-state index contributed by atoms with van der Waals surface area (Å²) in [5.41, 5.74) is 5.73. The van der Waals surface area contributed by atoms with Gasteiger partial charge in [0.05, 0.1) is 19.4 Å². The molecule has 20 heteroatoms. The second-order valence-corrected chi connectivity index (χ2v) is 14.8. The maximum Gasteiger partial charge on any atom is 0.592 e. The number of aliphatic carboxylic acids is 2. The summed E-state index contributed by atoms with van der Waals surface area (Å²) in [7, 11) is -4.28. The number of carboxylic acid groups (broad SMARTS) is 2. The Morgan fingerprint density at radius 1 is 0.963 bits per heavy atom. The molecule has 2 heterocycles. The molecule has 2 unspecified atom stereocenters. The van der Waals surface area contributed by atoms with Gasteiger partial charge in [-0.05, 0) is 55.8 Å². The van der Waals surface area contributed by atoms with Crippen LogP contribution in [0, 0.1) is 11.8 Å². The number of aromatic nitrogens is 2. The van der Waals surface area contributed by atoms with Crippen LogP contribution in [0.3, 0.4) is 0 Å². The number of nitrogens with two attached hydrogens (primary N) is 1. The van der Waals surface area contributed by atoms with E-state index in [1.54, 1.807) is 0 Å². The molecule has 8 atom stereocenters. The van der Waals surface area contributed by atoms with Gasteiger partial charge in [-0.1, -0.05) is 51.1 Å². The molecule has 19 nitrogen and oxygen atoms in total. The number of anilines is 1. The van der Waals surface area contributed by atoms with Crippen LogP contribution >= 0.6 is 7.82 Å². The summed E-state index contributed by atoms with van der Waals surface area (Å²) in [6.07, 6.45) is -5.29. The number of phosphoric ester groups is 1. The van der Waals surface area contributed by atoms with E-state index < -0.39 is 86.9 Å². The van der Waals surface area contributed by atoms with E-state index in [1.165, 1.54) is 19.4 Å². The zero-order valence-electron chi connectivity index (χ0n) is 30.6. The van der Waals surface area contributed by atoms with Crippen LogP contribution in [0.5, 0.6) is 0 Å². The van der Waals surface area contributed by atoms with Crippen LogP contribution in [0.15, 0.2) is 47.4 Å². The van der Waals surface area contributed by atoms with Crippen LogP contribution in [0.1, 0.15) is 58.2 Å². The highest BCUT2D eigenvalue weighted by atomic mass is 31.2. The predicted octanol–water partition coefficient (Wildman–Crippen LogP) is 1.49. The lowest BCUT2D eigenvalue weighted by molar-refractivity contribution is -0.150. The summed E-state index contributed by atoms with van der Waals surface area (Å²) in [6.45, 7) is 5.69. The quantitative estimate of drug-likeness (QED) is 0.0871. The minimum absolute atomic E-state index is 0.101. The van der Waals surface area contributed by atoms with Gasteiger partial charge in [-0.15, -0.1) is 0 Å². The molecule has 1 saturated heterocycles. The van der Waals surface area contributed by atoms with Gasteiger partial charge in [0.15, 0.2) is 6.23 Å². The molecule has 54 heavy (non-hydrogen) atoms. The van der Waals surface area contributed by atoms with Gasteiger partial charge >= 0.3 is 37.4 Å². The molecule has 1 fully saturated rings. The monoisotopic (exact) mass is 783 g/mol. The Morgan fingerprint density at radius 2 is 1.54 bits per heavy atom. The highest BCUT2D eigenvalue weighted by Crippen LogP contribution is 2.54. The lowest BCUT2D eigenvalue weighted by Gasteiger charge is -2.27. The van der Waals surface area contributed by atoms with Crippen molar-refractivity contribution < 1.29 is 62.1 Å². The van der Waals surface area contributed by atoms with Crippen molar-refractivity contribution in [2.45, 2.75) is 89.5 Å². The number of aliphatic hydroxyl groups is 1. The van der Waals surface area contributed by atoms with Crippen molar-refractivity contribution in [3.05, 3.63) is 58.6 Å². The van der Waals surface area contributed by atoms with Crippen molar-refractivity contribution in [2.75, 3.05) is 32.5 Å². The fourth-order valence-electron chi connectivity index (χ4n) is 5.55. The van der Waals surface area contributed by atoms with Gasteiger partial charge in [0, 0.05) is 13.3 Å². The van der Waals surface area contributed by atoms with Crippen LogP contribution in [0.2, 0.25) is 0 Å². The van der Waals surface area contributed by atoms with Crippen molar-refractivity contribution in [3.8, 4) is 0 Å². The lowest BCUT2D eigenvalue weighted by atomic mass is 9.98. The van der Waals surface area contributed by atoms with Crippen molar-refractivity contribution in [1.82, 2.24) is 20.2 Å². The van der Waals surface area contributed by atoms with E-state index in [0.717, 1.165) is 10.1 Å². The lowest BCUT2D eigenvalue weighted by Crippen LogP contribution is -2.43. The summed E-state index contributed by atoms with van der Waals surface area (Å²) in [5.74, 6) is -5.59. The van der Waals surface area contributed by atoms with Crippen molar-refractivity contribution >= 4 is 37.5 Å². The second-order valence-electron chi connectivity index (χ2n) is 13.4. The number of aliphatic hydroxyl groups excluding tert-OH is 1. The van der Waals surface area contributed by atoms with E-state index in [2.05, 4.69) is 15.6 Å². The Kier molecular flexibility index (Phi) is 17.2. The number of nitrogen functional groups attached to an aromatic ring is 1. The molecule has 300 valence electrons. The largest absolute Gasteiger partial charge is 0.592 e. The zero-order valence-corrected chi connectivity index (χ0v) is 31.5. The highest BCUT2D eigenvalue weighted by Gasteiger charge is 2.52. The molecule has 1 aliphatic heterocycles. The molecule has 0 radical (unpaired) electrons. The molecule has 0 saturated carbocycles. The number of hydrogen-bond acceptors (Lipinski definition) is 16. The van der Waals surface area contributed by atoms with E-state index in [0.29, 0.717) is 19.3 Å². The van der Waals surface area contributed by atoms with E-state index >= 15 is 0 Å². The summed E-state index contributed by atoms with van der Waals surface area (Å²) in [6, 6.07) is 7.66. The topological polar surface area (TPSA) is 277 Å². The Balaban J connectivity index is 1.91. The van der Waals surface area contributed by atoms with Gasteiger partial charge in [-0.25, -0.2) is 18.9 Å². The number of nitrogens with zero attached hydrogens (tertiary/aromatic N) is 2. The van der Waals surface area contributed by atoms with Crippen molar-refractivity contribution in [2.24, 2.45) is 11.8 Å². The van der Waals surface area contributed by atoms with Crippen molar-refractivity contribution in [3.63, 3.8) is 0 Å². The minimum atomic E-state index is -5.54. The molecule has 0 bridgehead atoms. The zero-order chi connectivity index (χ0) is 40.0. The molecule has 2 aromatic rings. The average Bonchev–Trinajstić information content (AvgIpc) is 3.37. The van der Waals surface area contributed by atoms with Crippen LogP contribution in [0.25, 0.3) is 0 Å². The van der Waals surface area contributed by atoms with Crippen LogP contribution in [0.4, 0.5) is 5.82 Å². The minimum Gasteiger partial charge on any atom is -0.481 e. The Morgan fingerprint density at radius 3 is 2.06 bits per heavy atom. The standard InChI is InChI=1S/C34H50N5O14P/c1-20(2)10-13-36-23(17-27(40)41)32(45)52-54(48,51-30-25(19-49-4)50-31(29(30)44)39-15-12-26(35)38-34(39)47)53-33(46)24(18-28(42)43)37-14-11-21(3)16-22-8-6-5-7-9-22/h5-9,12,15,20-21,23-25,29-31,36-37,44H,10-11,13-14,16-19H2,1-4H3,(H,40,41)(H,42,43)(H2,35,38,47)/t21?,23-,24-,25+,29+,30+,31+,54?/m0/s1. The molecular formula is C34H50N5O14P. The fourth-order valence-corrected chi connectivity index (χ4v) is 6.93. The number of ether oxygens (including phenoxy) is 2. The molecule has 0 amide bonds. The van der Waals surface area contributed by atoms with Gasteiger partial charge < -0.3 is 50.2 Å². The van der Waals surface area contributed by atoms with Gasteiger partial charge in [0.25, 0.3) is 0 Å². The summed E-state index contributed by atoms with van der Waals surface area (Å²) >= 11 is 0. The molecule has 1 aromatic heterocycles. The first-order chi connectivity index (χ1) is 25.5. The first kappa shape index (κ1) is 44.2. The van der Waals surface area contributed by atoms with E-state index in [9.17, 15) is 43.9 Å². The predicted molar refractivity (Wildman–Crippen MR) is 191 cm³/mol. The fraction of sp³-hybridized carbons (Fsp3) is 0.588. The Bertz CT molecular complexity index is 1660. The van der Waals surface area contributed by atoms with Crippen LogP contribution < -0.4 is 22.1 Å². The number of carboxylic acids is 2. The third kappa shape index (κ3) is 13.9. The molecule has 0 spiro atoms. The van der Waals surface area contributed by atoms with Gasteiger partial charge in [-0.2, -0.15) is 4.98 Å². The average molecular weight is 784 g/mol. The van der Waals surface area contributed by atoms with Gasteiger partial charge in [0.1, 0.15) is 36.2 Å². The first-order valence-corrected chi connectivity index (χ1v) is 18.8. The second kappa shape index (κ2) is 21.0. The van der Waals surface area contributed by atoms with E-state index in [1.807, 2.05) is 51.1 Å².